The summed E-state index contributed by atoms with van der Waals surface area (Å²) in [6, 6.07) is 18.6. The molecule has 0 atom stereocenters. The van der Waals surface area contributed by atoms with Crippen LogP contribution in [0.4, 0.5) is 0 Å². The molecule has 0 fully saturated rings. The molecule has 182 valence electrons. The molecule has 0 spiro atoms. The van der Waals surface area contributed by atoms with Crippen molar-refractivity contribution in [1.82, 2.24) is 5.43 Å². The van der Waals surface area contributed by atoms with Crippen molar-refractivity contribution in [3.05, 3.63) is 83.4 Å². The Morgan fingerprint density at radius 1 is 0.914 bits per heavy atom. The Balaban J connectivity index is 1.64. The molecule has 0 unspecified atom stereocenters. The van der Waals surface area contributed by atoms with E-state index in [2.05, 4.69) is 10.5 Å². The molecule has 0 radical (unpaired) electrons. The average Bonchev–Trinajstić information content (AvgIpc) is 2.89. The zero-order valence-corrected chi connectivity index (χ0v) is 19.9. The fraction of sp³-hybridized carbons (Fsp3) is 0.222. The summed E-state index contributed by atoms with van der Waals surface area (Å²) in [5.41, 5.74) is 3.89. The molecule has 8 heteroatoms. The molecule has 0 aliphatic rings. The first kappa shape index (κ1) is 25.3. The first-order valence-electron chi connectivity index (χ1n) is 11.2. The number of hydrazone groups is 1. The second kappa shape index (κ2) is 12.8. The average molecular weight is 477 g/mol. The number of nitrogens with zero attached hydrogens (tertiary/aromatic N) is 1. The lowest BCUT2D eigenvalue weighted by atomic mass is 10.2. The number of methoxy groups -OCH3 is 1. The topological polar surface area (TPSA) is 95.5 Å². The number of nitrogens with one attached hydrogen (secondary N) is 1. The van der Waals surface area contributed by atoms with Crippen molar-refractivity contribution in [3.8, 4) is 23.0 Å². The zero-order valence-electron chi connectivity index (χ0n) is 19.9. The van der Waals surface area contributed by atoms with Gasteiger partial charge in [0.05, 0.1) is 37.7 Å². The molecule has 3 aromatic rings. The van der Waals surface area contributed by atoms with Crippen molar-refractivity contribution >= 4 is 18.1 Å². The van der Waals surface area contributed by atoms with Gasteiger partial charge in [0.15, 0.2) is 11.5 Å². The summed E-state index contributed by atoms with van der Waals surface area (Å²) < 4.78 is 21.9. The smallest absolute Gasteiger partial charge is 0.343 e. The molecule has 0 aromatic heterocycles. The molecule has 0 saturated heterocycles. The predicted molar refractivity (Wildman–Crippen MR) is 133 cm³/mol. The van der Waals surface area contributed by atoms with Crippen LogP contribution in [0.1, 0.15) is 46.5 Å². The van der Waals surface area contributed by atoms with Gasteiger partial charge in [0.1, 0.15) is 11.5 Å². The lowest BCUT2D eigenvalue weighted by molar-refractivity contribution is 0.0729. The number of carbonyl (C=O) groups is 2. The van der Waals surface area contributed by atoms with E-state index in [0.29, 0.717) is 47.2 Å². The third-order valence-electron chi connectivity index (χ3n) is 4.76. The standard InChI is InChI=1S/C27H28N2O6/c1-4-16-34-21-13-11-20(12-14-21)27(31)35-24-15-10-19(17-25(24)32-3)18-28-29-26(30)22-8-6-7-9-23(22)33-5-2/h6-15,17-18H,4-5,16H2,1-3H3,(H,29,30)/b28-18+. The first-order valence-corrected chi connectivity index (χ1v) is 11.2. The molecule has 8 nitrogen and oxygen atoms in total. The Morgan fingerprint density at radius 3 is 2.40 bits per heavy atom. The number of hydrogen-bond donors (Lipinski definition) is 1. The van der Waals surface area contributed by atoms with E-state index in [1.165, 1.54) is 13.3 Å². The van der Waals surface area contributed by atoms with Crippen LogP contribution in [0.15, 0.2) is 71.8 Å². The quantitative estimate of drug-likeness (QED) is 0.184. The van der Waals surface area contributed by atoms with Gasteiger partial charge in [-0.2, -0.15) is 5.10 Å². The largest absolute Gasteiger partial charge is 0.494 e. The summed E-state index contributed by atoms with van der Waals surface area (Å²) in [4.78, 5) is 25.0. The Hall–Kier alpha value is -4.33. The van der Waals surface area contributed by atoms with Gasteiger partial charge in [-0.25, -0.2) is 10.2 Å². The highest BCUT2D eigenvalue weighted by molar-refractivity contribution is 5.97. The molecule has 1 amide bonds. The van der Waals surface area contributed by atoms with Gasteiger partial charge in [0.25, 0.3) is 5.91 Å². The van der Waals surface area contributed by atoms with E-state index in [-0.39, 0.29) is 5.75 Å². The highest BCUT2D eigenvalue weighted by Gasteiger charge is 2.14. The lowest BCUT2D eigenvalue weighted by Crippen LogP contribution is -2.18. The van der Waals surface area contributed by atoms with Gasteiger partial charge < -0.3 is 18.9 Å². The minimum atomic E-state index is -0.521. The molecule has 1 N–H and O–H groups in total. The number of carbonyl (C=O) groups excluding carboxylic acids is 2. The van der Waals surface area contributed by atoms with Crippen LogP contribution in [-0.2, 0) is 0 Å². The molecule has 0 aliphatic heterocycles. The Kier molecular flexibility index (Phi) is 9.24. The molecule has 0 heterocycles. The van der Waals surface area contributed by atoms with Crippen LogP contribution >= 0.6 is 0 Å². The molecule has 0 bridgehead atoms. The normalized spacial score (nSPS) is 10.6. The summed E-state index contributed by atoms with van der Waals surface area (Å²) in [5.74, 6) is 0.867. The maximum Gasteiger partial charge on any atom is 0.343 e. The van der Waals surface area contributed by atoms with Crippen LogP contribution in [-0.4, -0.2) is 38.4 Å². The van der Waals surface area contributed by atoms with Gasteiger partial charge in [-0.1, -0.05) is 19.1 Å². The fourth-order valence-corrected chi connectivity index (χ4v) is 3.08. The van der Waals surface area contributed by atoms with E-state index in [1.54, 1.807) is 66.7 Å². The van der Waals surface area contributed by atoms with Crippen molar-refractivity contribution < 1.29 is 28.5 Å². The summed E-state index contributed by atoms with van der Waals surface area (Å²) >= 11 is 0. The molecule has 0 aliphatic carbocycles. The fourth-order valence-electron chi connectivity index (χ4n) is 3.08. The second-order valence-electron chi connectivity index (χ2n) is 7.30. The minimum absolute atomic E-state index is 0.260. The molecule has 3 rings (SSSR count). The number of benzene rings is 3. The molecule has 0 saturated carbocycles. The van der Waals surface area contributed by atoms with E-state index in [4.69, 9.17) is 18.9 Å². The Morgan fingerprint density at radius 2 is 1.69 bits per heavy atom. The molecule has 35 heavy (non-hydrogen) atoms. The monoisotopic (exact) mass is 476 g/mol. The number of para-hydroxylation sites is 1. The Labute approximate surface area is 204 Å². The van der Waals surface area contributed by atoms with Crippen molar-refractivity contribution in [2.24, 2.45) is 5.10 Å². The molecular weight excluding hydrogens is 448 g/mol. The highest BCUT2D eigenvalue weighted by atomic mass is 16.6. The summed E-state index contributed by atoms with van der Waals surface area (Å²) in [6.07, 6.45) is 2.36. The van der Waals surface area contributed by atoms with Crippen molar-refractivity contribution in [2.45, 2.75) is 20.3 Å². The van der Waals surface area contributed by atoms with E-state index in [1.807, 2.05) is 13.8 Å². The predicted octanol–water partition coefficient (Wildman–Crippen LogP) is 4.87. The molecule has 3 aromatic carbocycles. The van der Waals surface area contributed by atoms with E-state index < -0.39 is 11.9 Å². The van der Waals surface area contributed by atoms with Crippen LogP contribution in [0.3, 0.4) is 0 Å². The Bertz CT molecular complexity index is 1170. The van der Waals surface area contributed by atoms with Gasteiger partial charge in [0, 0.05) is 0 Å². The third-order valence-corrected chi connectivity index (χ3v) is 4.76. The summed E-state index contributed by atoms with van der Waals surface area (Å²) in [7, 11) is 1.47. The van der Waals surface area contributed by atoms with Gasteiger partial charge in [0.2, 0.25) is 0 Å². The number of esters is 1. The maximum atomic E-state index is 12.5. The lowest BCUT2D eigenvalue weighted by Gasteiger charge is -2.10. The van der Waals surface area contributed by atoms with E-state index >= 15 is 0 Å². The van der Waals surface area contributed by atoms with Crippen molar-refractivity contribution in [1.29, 1.82) is 0 Å². The highest BCUT2D eigenvalue weighted by Crippen LogP contribution is 2.28. The number of amides is 1. The van der Waals surface area contributed by atoms with Gasteiger partial charge in [-0.15, -0.1) is 0 Å². The van der Waals surface area contributed by atoms with Crippen LogP contribution in [0.5, 0.6) is 23.0 Å². The van der Waals surface area contributed by atoms with Crippen LogP contribution in [0.25, 0.3) is 0 Å². The van der Waals surface area contributed by atoms with Crippen molar-refractivity contribution in [2.75, 3.05) is 20.3 Å². The summed E-state index contributed by atoms with van der Waals surface area (Å²) in [5, 5.41) is 4.01. The minimum Gasteiger partial charge on any atom is -0.494 e. The van der Waals surface area contributed by atoms with Gasteiger partial charge in [-0.05, 0) is 73.5 Å². The number of rotatable bonds is 11. The van der Waals surface area contributed by atoms with Gasteiger partial charge in [-0.3, -0.25) is 4.79 Å². The number of hydrogen-bond acceptors (Lipinski definition) is 7. The van der Waals surface area contributed by atoms with Crippen LogP contribution < -0.4 is 24.4 Å². The summed E-state index contributed by atoms with van der Waals surface area (Å²) in [6.45, 7) is 4.93. The molecular formula is C27H28N2O6. The number of ether oxygens (including phenoxy) is 4. The zero-order chi connectivity index (χ0) is 25.0. The van der Waals surface area contributed by atoms with Crippen LogP contribution in [0, 0.1) is 0 Å². The van der Waals surface area contributed by atoms with E-state index in [0.717, 1.165) is 6.42 Å². The van der Waals surface area contributed by atoms with E-state index in [9.17, 15) is 9.59 Å². The van der Waals surface area contributed by atoms with Gasteiger partial charge >= 0.3 is 5.97 Å². The maximum absolute atomic E-state index is 12.5. The van der Waals surface area contributed by atoms with Crippen molar-refractivity contribution in [3.63, 3.8) is 0 Å². The second-order valence-corrected chi connectivity index (χ2v) is 7.30. The van der Waals surface area contributed by atoms with Crippen LogP contribution in [0.2, 0.25) is 0 Å². The SMILES string of the molecule is CCCOc1ccc(C(=O)Oc2ccc(/C=N/NC(=O)c3ccccc3OCC)cc2OC)cc1. The first-order chi connectivity index (χ1) is 17.0. The third kappa shape index (κ3) is 7.07.